The number of ether oxygens (including phenoxy) is 1. The van der Waals surface area contributed by atoms with Crippen molar-refractivity contribution in [3.8, 4) is 5.75 Å². The minimum atomic E-state index is -0.322. The van der Waals surface area contributed by atoms with Crippen LogP contribution in [0.25, 0.3) is 10.8 Å². The molecule has 0 saturated carbocycles. The summed E-state index contributed by atoms with van der Waals surface area (Å²) in [6, 6.07) is 9.20. The van der Waals surface area contributed by atoms with E-state index in [-0.39, 0.29) is 11.8 Å². The predicted molar refractivity (Wildman–Crippen MR) is 109 cm³/mol. The van der Waals surface area contributed by atoms with Crippen LogP contribution >= 0.6 is 23.2 Å². The van der Waals surface area contributed by atoms with Crippen LogP contribution < -0.4 is 15.4 Å². The molecular weight excluding hydrogens is 385 g/mol. The molecule has 2 heterocycles. The smallest absolute Gasteiger partial charge is 0.232 e. The van der Waals surface area contributed by atoms with Crippen LogP contribution in [0.15, 0.2) is 42.7 Å². The zero-order valence-corrected chi connectivity index (χ0v) is 16.1. The van der Waals surface area contributed by atoms with Gasteiger partial charge >= 0.3 is 0 Å². The Labute approximate surface area is 166 Å². The van der Waals surface area contributed by atoms with Crippen LogP contribution in [-0.2, 0) is 4.79 Å². The SMILES string of the molecule is COc1ccc2cncc(NC(=O)[C@@H]3CCNc4cc(Cl)c(Cl)cc43)c2c1. The van der Waals surface area contributed by atoms with Crippen molar-refractivity contribution >= 4 is 51.3 Å². The number of carbonyl (C=O) groups excluding carboxylic acids is 1. The first-order chi connectivity index (χ1) is 13.1. The normalized spacial score (nSPS) is 15.7. The van der Waals surface area contributed by atoms with E-state index in [2.05, 4.69) is 15.6 Å². The van der Waals surface area contributed by atoms with E-state index in [0.29, 0.717) is 28.7 Å². The standard InChI is InChI=1S/C20H17Cl2N3O2/c1-27-12-3-2-11-9-23-10-19(14(11)6-12)25-20(26)13-4-5-24-18-8-17(22)16(21)7-15(13)18/h2-3,6-10,13,24H,4-5H2,1H3,(H,25,26)/t13-/m1/s1. The van der Waals surface area contributed by atoms with E-state index < -0.39 is 0 Å². The number of nitrogens with one attached hydrogen (secondary N) is 2. The van der Waals surface area contributed by atoms with Crippen molar-refractivity contribution in [2.45, 2.75) is 12.3 Å². The van der Waals surface area contributed by atoms with E-state index in [9.17, 15) is 4.79 Å². The molecule has 2 aromatic carbocycles. The predicted octanol–water partition coefficient (Wildman–Crippen LogP) is 5.09. The van der Waals surface area contributed by atoms with Gasteiger partial charge in [0.1, 0.15) is 5.75 Å². The Hall–Kier alpha value is -2.50. The molecule has 0 bridgehead atoms. The summed E-state index contributed by atoms with van der Waals surface area (Å²) in [6.45, 7) is 0.685. The number of methoxy groups -OCH3 is 1. The van der Waals surface area contributed by atoms with Gasteiger partial charge in [-0.1, -0.05) is 23.2 Å². The fourth-order valence-corrected chi connectivity index (χ4v) is 3.71. The summed E-state index contributed by atoms with van der Waals surface area (Å²) >= 11 is 12.3. The summed E-state index contributed by atoms with van der Waals surface area (Å²) in [4.78, 5) is 17.3. The first-order valence-corrected chi connectivity index (χ1v) is 9.28. The summed E-state index contributed by atoms with van der Waals surface area (Å²) in [5.74, 6) is 0.294. The van der Waals surface area contributed by atoms with Gasteiger partial charge in [0.25, 0.3) is 0 Å². The molecule has 1 aromatic heterocycles. The van der Waals surface area contributed by atoms with Crippen molar-refractivity contribution in [3.05, 3.63) is 58.3 Å². The van der Waals surface area contributed by atoms with Crippen molar-refractivity contribution in [1.82, 2.24) is 4.98 Å². The average Bonchev–Trinajstić information content (AvgIpc) is 2.68. The van der Waals surface area contributed by atoms with Crippen LogP contribution in [0.5, 0.6) is 5.75 Å². The maximum absolute atomic E-state index is 13.1. The lowest BCUT2D eigenvalue weighted by Gasteiger charge is -2.26. The van der Waals surface area contributed by atoms with E-state index >= 15 is 0 Å². The summed E-state index contributed by atoms with van der Waals surface area (Å²) < 4.78 is 5.30. The van der Waals surface area contributed by atoms with Gasteiger partial charge in [0.2, 0.25) is 5.91 Å². The summed E-state index contributed by atoms with van der Waals surface area (Å²) in [6.07, 6.45) is 4.07. The Morgan fingerprint density at radius 2 is 2.04 bits per heavy atom. The summed E-state index contributed by atoms with van der Waals surface area (Å²) in [5.41, 5.74) is 2.34. The monoisotopic (exact) mass is 401 g/mol. The number of hydrogen-bond acceptors (Lipinski definition) is 4. The van der Waals surface area contributed by atoms with Crippen LogP contribution in [-0.4, -0.2) is 24.5 Å². The van der Waals surface area contributed by atoms with E-state index in [4.69, 9.17) is 27.9 Å². The van der Waals surface area contributed by atoms with Gasteiger partial charge in [0, 0.05) is 29.2 Å². The lowest BCUT2D eigenvalue weighted by atomic mass is 9.90. The van der Waals surface area contributed by atoms with Crippen LogP contribution in [0.3, 0.4) is 0 Å². The number of rotatable bonds is 3. The minimum absolute atomic E-state index is 0.103. The molecule has 0 saturated heterocycles. The molecule has 1 aliphatic heterocycles. The molecule has 7 heteroatoms. The van der Waals surface area contributed by atoms with Gasteiger partial charge in [0.05, 0.1) is 35.0 Å². The molecular formula is C20H17Cl2N3O2. The van der Waals surface area contributed by atoms with Gasteiger partial charge in [0.15, 0.2) is 0 Å². The maximum atomic E-state index is 13.1. The first-order valence-electron chi connectivity index (χ1n) is 8.52. The van der Waals surface area contributed by atoms with E-state index in [1.54, 1.807) is 31.6 Å². The highest BCUT2D eigenvalue weighted by molar-refractivity contribution is 6.42. The van der Waals surface area contributed by atoms with Gasteiger partial charge in [-0.3, -0.25) is 9.78 Å². The Kier molecular flexibility index (Phi) is 4.81. The highest BCUT2D eigenvalue weighted by Gasteiger charge is 2.28. The second-order valence-electron chi connectivity index (χ2n) is 6.38. The molecule has 0 unspecified atom stereocenters. The molecule has 27 heavy (non-hydrogen) atoms. The largest absolute Gasteiger partial charge is 0.497 e. The second-order valence-corrected chi connectivity index (χ2v) is 7.20. The fourth-order valence-electron chi connectivity index (χ4n) is 3.37. The van der Waals surface area contributed by atoms with Gasteiger partial charge in [-0.15, -0.1) is 0 Å². The van der Waals surface area contributed by atoms with Crippen molar-refractivity contribution < 1.29 is 9.53 Å². The minimum Gasteiger partial charge on any atom is -0.497 e. The number of fused-ring (bicyclic) bond motifs is 2. The number of anilines is 2. The van der Waals surface area contributed by atoms with Crippen molar-refractivity contribution in [2.24, 2.45) is 0 Å². The number of pyridine rings is 1. The molecule has 0 aliphatic carbocycles. The molecule has 3 aromatic rings. The van der Waals surface area contributed by atoms with Gasteiger partial charge in [-0.05, 0) is 42.3 Å². The van der Waals surface area contributed by atoms with Crippen LogP contribution in [0.1, 0.15) is 17.9 Å². The summed E-state index contributed by atoms with van der Waals surface area (Å²) in [7, 11) is 1.61. The Balaban J connectivity index is 1.68. The number of carbonyl (C=O) groups is 1. The van der Waals surface area contributed by atoms with Gasteiger partial charge < -0.3 is 15.4 Å². The molecule has 5 nitrogen and oxygen atoms in total. The van der Waals surface area contributed by atoms with Crippen molar-refractivity contribution in [3.63, 3.8) is 0 Å². The topological polar surface area (TPSA) is 63.2 Å². The zero-order chi connectivity index (χ0) is 19.0. The maximum Gasteiger partial charge on any atom is 0.232 e. The number of nitrogens with zero attached hydrogens (tertiary/aromatic N) is 1. The Bertz CT molecular complexity index is 1040. The third kappa shape index (κ3) is 3.40. The summed E-state index contributed by atoms with van der Waals surface area (Å²) in [5, 5.41) is 9.00. The second kappa shape index (κ2) is 7.25. The molecule has 1 atom stereocenters. The zero-order valence-electron chi connectivity index (χ0n) is 14.6. The van der Waals surface area contributed by atoms with Gasteiger partial charge in [-0.2, -0.15) is 0 Å². The molecule has 4 rings (SSSR count). The molecule has 1 amide bonds. The Morgan fingerprint density at radius 1 is 1.22 bits per heavy atom. The third-order valence-electron chi connectivity index (χ3n) is 4.76. The molecule has 138 valence electrons. The van der Waals surface area contributed by atoms with E-state index in [1.165, 1.54) is 0 Å². The molecule has 0 spiro atoms. The van der Waals surface area contributed by atoms with E-state index in [0.717, 1.165) is 27.8 Å². The highest BCUT2D eigenvalue weighted by Crippen LogP contribution is 2.38. The molecule has 0 radical (unpaired) electrons. The lowest BCUT2D eigenvalue weighted by molar-refractivity contribution is -0.117. The van der Waals surface area contributed by atoms with Gasteiger partial charge in [-0.25, -0.2) is 0 Å². The van der Waals surface area contributed by atoms with Crippen molar-refractivity contribution in [2.75, 3.05) is 24.3 Å². The number of halogens is 2. The van der Waals surface area contributed by atoms with Crippen LogP contribution in [0.2, 0.25) is 10.0 Å². The average molecular weight is 402 g/mol. The van der Waals surface area contributed by atoms with E-state index in [1.807, 2.05) is 18.2 Å². The first kappa shape index (κ1) is 17.9. The Morgan fingerprint density at radius 3 is 2.85 bits per heavy atom. The fraction of sp³-hybridized carbons (Fsp3) is 0.200. The molecule has 0 fully saturated rings. The lowest BCUT2D eigenvalue weighted by Crippen LogP contribution is -2.27. The van der Waals surface area contributed by atoms with Crippen LogP contribution in [0.4, 0.5) is 11.4 Å². The molecule has 1 aliphatic rings. The van der Waals surface area contributed by atoms with Crippen LogP contribution in [0, 0.1) is 0 Å². The number of aromatic nitrogens is 1. The molecule has 2 N–H and O–H groups in total. The number of hydrogen-bond donors (Lipinski definition) is 2. The number of benzene rings is 2. The number of amides is 1. The third-order valence-corrected chi connectivity index (χ3v) is 5.48. The highest BCUT2D eigenvalue weighted by atomic mass is 35.5. The van der Waals surface area contributed by atoms with Crippen molar-refractivity contribution in [1.29, 1.82) is 0 Å². The quantitative estimate of drug-likeness (QED) is 0.641.